The Morgan fingerprint density at radius 2 is 1.85 bits per heavy atom. The predicted octanol–water partition coefficient (Wildman–Crippen LogP) is 0.424. The molecular weight excluding hydrogens is 356 g/mol. The minimum Gasteiger partial charge on any atom is -0.354 e. The van der Waals surface area contributed by atoms with Crippen LogP contribution in [0.1, 0.15) is 32.7 Å². The average Bonchev–Trinajstić information content (AvgIpc) is 2.84. The van der Waals surface area contributed by atoms with Crippen molar-refractivity contribution in [3.05, 3.63) is 34.9 Å². The molecule has 2 N–H and O–H groups in total. The molecule has 1 fully saturated rings. The fourth-order valence-electron chi connectivity index (χ4n) is 3.21. The molecule has 0 aromatic heterocycles. The topological polar surface area (TPSA) is 81.8 Å². The Morgan fingerprint density at radius 1 is 1.15 bits per heavy atom. The predicted molar refractivity (Wildman–Crippen MR) is 101 cm³/mol. The maximum absolute atomic E-state index is 12.3. The van der Waals surface area contributed by atoms with Crippen LogP contribution < -0.4 is 10.6 Å². The molecule has 2 aliphatic rings. The molecule has 142 valence electrons. The van der Waals surface area contributed by atoms with Crippen molar-refractivity contribution in [3.8, 4) is 0 Å². The van der Waals surface area contributed by atoms with Crippen LogP contribution in [0.15, 0.2) is 18.2 Å². The summed E-state index contributed by atoms with van der Waals surface area (Å²) in [6.07, 6.45) is 0.854. The zero-order valence-corrected chi connectivity index (χ0v) is 15.7. The second-order valence-electron chi connectivity index (χ2n) is 6.54. The van der Waals surface area contributed by atoms with Crippen molar-refractivity contribution in [2.45, 2.75) is 13.3 Å². The van der Waals surface area contributed by atoms with Crippen LogP contribution in [0.4, 0.5) is 0 Å². The smallest absolute Gasteiger partial charge is 0.262 e. The molecule has 7 nitrogen and oxygen atoms in total. The van der Waals surface area contributed by atoms with E-state index in [0.717, 1.165) is 49.6 Å². The molecule has 0 spiro atoms. The van der Waals surface area contributed by atoms with Crippen molar-refractivity contribution in [1.82, 2.24) is 20.4 Å². The number of halogens is 1. The number of imide groups is 1. The number of hydrogen-bond acceptors (Lipinski definition) is 5. The van der Waals surface area contributed by atoms with Crippen molar-refractivity contribution in [2.24, 2.45) is 0 Å². The third-order valence-corrected chi connectivity index (χ3v) is 4.61. The number of fused-ring (bicyclic) bond motifs is 1. The number of benzene rings is 1. The summed E-state index contributed by atoms with van der Waals surface area (Å²) < 4.78 is 0. The highest BCUT2D eigenvalue weighted by Crippen LogP contribution is 2.23. The van der Waals surface area contributed by atoms with Gasteiger partial charge in [0.25, 0.3) is 11.8 Å². The lowest BCUT2D eigenvalue weighted by Crippen LogP contribution is -2.44. The number of nitrogens with one attached hydrogen (secondary N) is 2. The van der Waals surface area contributed by atoms with E-state index < -0.39 is 5.91 Å². The minimum atomic E-state index is -0.393. The largest absolute Gasteiger partial charge is 0.354 e. The van der Waals surface area contributed by atoms with Gasteiger partial charge in [-0.2, -0.15) is 0 Å². The van der Waals surface area contributed by atoms with Crippen molar-refractivity contribution in [3.63, 3.8) is 0 Å². The second kappa shape index (κ2) is 9.12. The van der Waals surface area contributed by atoms with Gasteiger partial charge in [-0.05, 0) is 32.0 Å². The number of nitrogens with zero attached hydrogens (tertiary/aromatic N) is 2. The highest BCUT2D eigenvalue weighted by Gasteiger charge is 2.36. The Kier molecular flexibility index (Phi) is 7.14. The number of aryl methyl sites for hydroxylation is 1. The maximum atomic E-state index is 12.3. The van der Waals surface area contributed by atoms with Crippen molar-refractivity contribution < 1.29 is 14.4 Å². The van der Waals surface area contributed by atoms with E-state index in [2.05, 4.69) is 15.5 Å². The molecule has 2 heterocycles. The lowest BCUT2D eigenvalue weighted by atomic mass is 10.1. The molecule has 0 radical (unpaired) electrons. The Morgan fingerprint density at radius 3 is 2.58 bits per heavy atom. The fraction of sp³-hybridized carbons (Fsp3) is 0.500. The number of amides is 3. The maximum Gasteiger partial charge on any atom is 0.262 e. The first-order valence-corrected chi connectivity index (χ1v) is 8.73. The molecule has 3 amide bonds. The summed E-state index contributed by atoms with van der Waals surface area (Å²) in [4.78, 5) is 40.1. The minimum absolute atomic E-state index is 0. The van der Waals surface area contributed by atoms with E-state index in [1.54, 1.807) is 18.2 Å². The van der Waals surface area contributed by atoms with E-state index in [4.69, 9.17) is 0 Å². The lowest BCUT2D eigenvalue weighted by Gasteiger charge is -2.27. The van der Waals surface area contributed by atoms with Crippen molar-refractivity contribution in [1.29, 1.82) is 0 Å². The summed E-state index contributed by atoms with van der Waals surface area (Å²) in [5.41, 5.74) is 1.68. The molecule has 1 aromatic carbocycles. The summed E-state index contributed by atoms with van der Waals surface area (Å²) in [7, 11) is 0. The summed E-state index contributed by atoms with van der Waals surface area (Å²) >= 11 is 0. The van der Waals surface area contributed by atoms with Gasteiger partial charge in [0.1, 0.15) is 6.54 Å². The first kappa shape index (κ1) is 20.4. The van der Waals surface area contributed by atoms with Gasteiger partial charge >= 0.3 is 0 Å². The van der Waals surface area contributed by atoms with Crippen LogP contribution >= 0.6 is 12.4 Å². The highest BCUT2D eigenvalue weighted by molar-refractivity contribution is 6.22. The van der Waals surface area contributed by atoms with Gasteiger partial charge in [0.15, 0.2) is 0 Å². The SMILES string of the molecule is Cc1ccc2c(c1)C(=O)N(CC(=O)NCCCN1CCNCC1)C2=O.Cl. The number of piperazine rings is 1. The van der Waals surface area contributed by atoms with Crippen LogP contribution in [0.3, 0.4) is 0 Å². The lowest BCUT2D eigenvalue weighted by molar-refractivity contribution is -0.121. The second-order valence-corrected chi connectivity index (χ2v) is 6.54. The molecule has 0 aliphatic carbocycles. The van der Waals surface area contributed by atoms with Gasteiger partial charge in [-0.3, -0.25) is 19.3 Å². The van der Waals surface area contributed by atoms with Gasteiger partial charge in [0.05, 0.1) is 11.1 Å². The monoisotopic (exact) mass is 380 g/mol. The van der Waals surface area contributed by atoms with Crippen LogP contribution in [0.5, 0.6) is 0 Å². The number of carbonyl (C=O) groups excluding carboxylic acids is 3. The fourth-order valence-corrected chi connectivity index (χ4v) is 3.21. The zero-order valence-electron chi connectivity index (χ0n) is 14.9. The van der Waals surface area contributed by atoms with Gasteiger partial charge in [-0.25, -0.2) is 0 Å². The quantitative estimate of drug-likeness (QED) is 0.552. The van der Waals surface area contributed by atoms with Gasteiger partial charge in [0.2, 0.25) is 5.91 Å². The molecule has 0 saturated carbocycles. The molecule has 1 saturated heterocycles. The van der Waals surface area contributed by atoms with Gasteiger partial charge < -0.3 is 15.5 Å². The van der Waals surface area contributed by atoms with Crippen LogP contribution in [-0.4, -0.2) is 73.3 Å². The molecular formula is C18H25ClN4O3. The van der Waals surface area contributed by atoms with E-state index in [1.165, 1.54) is 0 Å². The number of rotatable bonds is 6. The first-order chi connectivity index (χ1) is 12.1. The zero-order chi connectivity index (χ0) is 17.8. The van der Waals surface area contributed by atoms with E-state index in [1.807, 2.05) is 6.92 Å². The molecule has 3 rings (SSSR count). The van der Waals surface area contributed by atoms with Crippen molar-refractivity contribution in [2.75, 3.05) is 45.8 Å². The number of carbonyl (C=O) groups is 3. The van der Waals surface area contributed by atoms with Crippen LogP contribution in [-0.2, 0) is 4.79 Å². The molecule has 26 heavy (non-hydrogen) atoms. The molecule has 0 atom stereocenters. The third-order valence-electron chi connectivity index (χ3n) is 4.61. The number of hydrogen-bond donors (Lipinski definition) is 2. The van der Waals surface area contributed by atoms with Crippen molar-refractivity contribution >= 4 is 30.1 Å². The Bertz CT molecular complexity index is 689. The Hall–Kier alpha value is -1.96. The van der Waals surface area contributed by atoms with E-state index >= 15 is 0 Å². The summed E-state index contributed by atoms with van der Waals surface area (Å²) in [6, 6.07) is 5.14. The highest BCUT2D eigenvalue weighted by atomic mass is 35.5. The standard InChI is InChI=1S/C18H24N4O3.ClH/c1-13-3-4-14-15(11-13)18(25)22(17(14)24)12-16(23)20-5-2-8-21-9-6-19-7-10-21;/h3-4,11,19H,2,5-10,12H2,1H3,(H,20,23);1H. The Labute approximate surface area is 159 Å². The third kappa shape index (κ3) is 4.60. The molecule has 2 aliphatic heterocycles. The van der Waals surface area contributed by atoms with E-state index in [9.17, 15) is 14.4 Å². The van der Waals surface area contributed by atoms with E-state index in [-0.39, 0.29) is 30.8 Å². The molecule has 1 aromatic rings. The molecule has 8 heteroatoms. The summed E-state index contributed by atoms with van der Waals surface area (Å²) in [5.74, 6) is -1.08. The van der Waals surface area contributed by atoms with Crippen LogP contribution in [0, 0.1) is 6.92 Å². The first-order valence-electron chi connectivity index (χ1n) is 8.73. The summed E-state index contributed by atoms with van der Waals surface area (Å²) in [5, 5.41) is 6.10. The average molecular weight is 381 g/mol. The molecule has 0 bridgehead atoms. The van der Waals surface area contributed by atoms with Gasteiger partial charge in [0, 0.05) is 32.7 Å². The van der Waals surface area contributed by atoms with Gasteiger partial charge in [-0.1, -0.05) is 11.6 Å². The van der Waals surface area contributed by atoms with Crippen LogP contribution in [0.25, 0.3) is 0 Å². The van der Waals surface area contributed by atoms with Gasteiger partial charge in [-0.15, -0.1) is 12.4 Å². The molecule has 0 unspecified atom stereocenters. The Balaban J connectivity index is 0.00000243. The normalized spacial score (nSPS) is 17.0. The summed E-state index contributed by atoms with van der Waals surface area (Å²) in [6.45, 7) is 7.20. The van der Waals surface area contributed by atoms with E-state index in [0.29, 0.717) is 17.7 Å². The van der Waals surface area contributed by atoms with Crippen LogP contribution in [0.2, 0.25) is 0 Å².